The maximum Gasteiger partial charge on any atom is 0.343 e. The summed E-state index contributed by atoms with van der Waals surface area (Å²) < 4.78 is 21.1. The zero-order valence-corrected chi connectivity index (χ0v) is 20.6. The first-order chi connectivity index (χ1) is 17.8. The van der Waals surface area contributed by atoms with E-state index in [-0.39, 0.29) is 23.6 Å². The number of methoxy groups -OCH3 is 1. The summed E-state index contributed by atoms with van der Waals surface area (Å²) in [6.45, 7) is 5.80. The van der Waals surface area contributed by atoms with E-state index in [9.17, 15) is 19.7 Å². The molecule has 0 saturated carbocycles. The Kier molecular flexibility index (Phi) is 9.37. The van der Waals surface area contributed by atoms with E-state index < -0.39 is 16.9 Å². The highest BCUT2D eigenvalue weighted by molar-refractivity contribution is 5.92. The molecule has 0 N–H and O–H groups in total. The van der Waals surface area contributed by atoms with Crippen LogP contribution in [0, 0.1) is 10.1 Å². The molecule has 192 valence electrons. The Hall–Kier alpha value is -4.66. The Labute approximate surface area is 214 Å². The molecule has 0 radical (unpaired) electrons. The van der Waals surface area contributed by atoms with Crippen LogP contribution in [0.5, 0.6) is 17.2 Å². The van der Waals surface area contributed by atoms with E-state index in [4.69, 9.17) is 18.9 Å². The Bertz CT molecular complexity index is 1270. The average Bonchev–Trinajstić information content (AvgIpc) is 2.90. The molecule has 0 aromatic heterocycles. The number of carbonyl (C=O) groups is 2. The fourth-order valence-corrected chi connectivity index (χ4v) is 3.24. The van der Waals surface area contributed by atoms with Crippen LogP contribution < -0.4 is 14.2 Å². The van der Waals surface area contributed by atoms with E-state index in [0.717, 1.165) is 5.56 Å². The molecule has 0 heterocycles. The van der Waals surface area contributed by atoms with Crippen LogP contribution in [0.15, 0.2) is 78.9 Å². The van der Waals surface area contributed by atoms with Crippen LogP contribution in [0.4, 0.5) is 5.69 Å². The monoisotopic (exact) mass is 505 g/mol. The van der Waals surface area contributed by atoms with Gasteiger partial charge in [0.15, 0.2) is 0 Å². The van der Waals surface area contributed by atoms with Crippen molar-refractivity contribution < 1.29 is 33.5 Å². The molecule has 0 saturated heterocycles. The summed E-state index contributed by atoms with van der Waals surface area (Å²) in [5, 5.41) is 11.6. The van der Waals surface area contributed by atoms with Gasteiger partial charge in [-0.25, -0.2) is 9.59 Å². The van der Waals surface area contributed by atoms with Crippen molar-refractivity contribution in [1.82, 2.24) is 0 Å². The Morgan fingerprint density at radius 2 is 1.51 bits per heavy atom. The summed E-state index contributed by atoms with van der Waals surface area (Å²) in [6.07, 6.45) is 1.31. The number of esters is 2. The van der Waals surface area contributed by atoms with Gasteiger partial charge in [0.1, 0.15) is 11.5 Å². The van der Waals surface area contributed by atoms with Crippen molar-refractivity contribution in [3.05, 3.63) is 94.6 Å². The first-order valence-electron chi connectivity index (χ1n) is 11.5. The van der Waals surface area contributed by atoms with Gasteiger partial charge >= 0.3 is 17.6 Å². The van der Waals surface area contributed by atoms with E-state index in [0.29, 0.717) is 42.1 Å². The summed E-state index contributed by atoms with van der Waals surface area (Å²) in [5.41, 5.74) is 1.60. The number of hydrogen-bond donors (Lipinski definition) is 0. The van der Waals surface area contributed by atoms with Gasteiger partial charge in [-0.1, -0.05) is 24.8 Å². The normalized spacial score (nSPS) is 10.3. The van der Waals surface area contributed by atoms with Gasteiger partial charge < -0.3 is 18.9 Å². The van der Waals surface area contributed by atoms with Gasteiger partial charge in [0.05, 0.1) is 30.8 Å². The number of nitro groups is 1. The SMILES string of the molecule is C=C(C)C(=O)OCCCCOc1ccc(C(=O)Oc2ccc(-c3ccc(OC)cc3)cc2[N+](=O)[O-])cc1. The van der Waals surface area contributed by atoms with Crippen molar-refractivity contribution in [2.24, 2.45) is 0 Å². The van der Waals surface area contributed by atoms with Crippen molar-refractivity contribution in [1.29, 1.82) is 0 Å². The second-order valence-corrected chi connectivity index (χ2v) is 8.05. The second-order valence-electron chi connectivity index (χ2n) is 8.05. The maximum absolute atomic E-state index is 12.6. The minimum atomic E-state index is -0.730. The Balaban J connectivity index is 1.57. The van der Waals surface area contributed by atoms with E-state index in [2.05, 4.69) is 6.58 Å². The van der Waals surface area contributed by atoms with Crippen LogP contribution in [-0.2, 0) is 9.53 Å². The highest BCUT2D eigenvalue weighted by Crippen LogP contribution is 2.33. The third-order valence-electron chi connectivity index (χ3n) is 5.26. The van der Waals surface area contributed by atoms with Gasteiger partial charge in [-0.3, -0.25) is 10.1 Å². The standard InChI is InChI=1S/C28H27NO8/c1-19(2)27(30)36-17-5-4-16-35-24-13-8-21(9-14-24)28(31)37-26-15-10-22(18-25(26)29(32)33)20-6-11-23(34-3)12-7-20/h6-15,18H,1,4-5,16-17H2,2-3H3. The van der Waals surface area contributed by atoms with E-state index >= 15 is 0 Å². The quantitative estimate of drug-likeness (QED) is 0.0761. The molecule has 0 aliphatic rings. The van der Waals surface area contributed by atoms with Gasteiger partial charge in [0, 0.05) is 11.6 Å². The molecule has 3 rings (SSSR count). The summed E-state index contributed by atoms with van der Waals surface area (Å²) in [7, 11) is 1.55. The van der Waals surface area contributed by atoms with Crippen LogP contribution in [0.2, 0.25) is 0 Å². The van der Waals surface area contributed by atoms with Crippen molar-refractivity contribution in [3.63, 3.8) is 0 Å². The van der Waals surface area contributed by atoms with Gasteiger partial charge in [0.2, 0.25) is 5.75 Å². The fraction of sp³-hybridized carbons (Fsp3) is 0.214. The lowest BCUT2D eigenvalue weighted by atomic mass is 10.0. The van der Waals surface area contributed by atoms with Crippen molar-refractivity contribution in [2.75, 3.05) is 20.3 Å². The van der Waals surface area contributed by atoms with Crippen molar-refractivity contribution in [2.45, 2.75) is 19.8 Å². The molecule has 9 heteroatoms. The van der Waals surface area contributed by atoms with Gasteiger partial charge in [-0.05, 0) is 73.4 Å². The zero-order chi connectivity index (χ0) is 26.8. The molecule has 0 aliphatic carbocycles. The van der Waals surface area contributed by atoms with E-state index in [1.165, 1.54) is 24.3 Å². The van der Waals surface area contributed by atoms with Crippen LogP contribution in [0.25, 0.3) is 11.1 Å². The highest BCUT2D eigenvalue weighted by Gasteiger charge is 2.20. The third kappa shape index (κ3) is 7.66. The largest absolute Gasteiger partial charge is 0.497 e. The molecular weight excluding hydrogens is 478 g/mol. The molecule has 37 heavy (non-hydrogen) atoms. The van der Waals surface area contributed by atoms with E-state index in [1.807, 2.05) is 0 Å². The first-order valence-corrected chi connectivity index (χ1v) is 11.5. The lowest BCUT2D eigenvalue weighted by Crippen LogP contribution is -2.10. The van der Waals surface area contributed by atoms with Gasteiger partial charge in [0.25, 0.3) is 0 Å². The molecule has 0 aliphatic heterocycles. The number of rotatable bonds is 12. The average molecular weight is 506 g/mol. The minimum absolute atomic E-state index is 0.153. The number of benzene rings is 3. The molecule has 0 amide bonds. The first kappa shape index (κ1) is 26.9. The molecule has 0 atom stereocenters. The van der Waals surface area contributed by atoms with Gasteiger partial charge in [-0.2, -0.15) is 0 Å². The zero-order valence-electron chi connectivity index (χ0n) is 20.6. The summed E-state index contributed by atoms with van der Waals surface area (Å²) >= 11 is 0. The van der Waals surface area contributed by atoms with Crippen molar-refractivity contribution in [3.8, 4) is 28.4 Å². The smallest absolute Gasteiger partial charge is 0.343 e. The number of unbranched alkanes of at least 4 members (excludes halogenated alkanes) is 1. The third-order valence-corrected chi connectivity index (χ3v) is 5.26. The lowest BCUT2D eigenvalue weighted by Gasteiger charge is -2.09. The summed E-state index contributed by atoms with van der Waals surface area (Å²) in [6, 6.07) is 17.7. The topological polar surface area (TPSA) is 114 Å². The van der Waals surface area contributed by atoms with Crippen LogP contribution in [0.3, 0.4) is 0 Å². The predicted octanol–water partition coefficient (Wildman–Crippen LogP) is 5.77. The highest BCUT2D eigenvalue weighted by atomic mass is 16.6. The molecule has 0 spiro atoms. The van der Waals surface area contributed by atoms with E-state index in [1.54, 1.807) is 56.5 Å². The number of hydrogen-bond acceptors (Lipinski definition) is 8. The molecule has 3 aromatic rings. The maximum atomic E-state index is 12.6. The second kappa shape index (κ2) is 12.9. The molecule has 0 unspecified atom stereocenters. The number of nitro benzene ring substituents is 1. The summed E-state index contributed by atoms with van der Waals surface area (Å²) in [5.74, 6) is -0.0832. The Morgan fingerprint density at radius 3 is 2.14 bits per heavy atom. The molecule has 0 fully saturated rings. The van der Waals surface area contributed by atoms with Crippen LogP contribution >= 0.6 is 0 Å². The minimum Gasteiger partial charge on any atom is -0.497 e. The number of ether oxygens (including phenoxy) is 4. The molecule has 9 nitrogen and oxygen atoms in total. The predicted molar refractivity (Wildman–Crippen MR) is 137 cm³/mol. The van der Waals surface area contributed by atoms with Crippen molar-refractivity contribution >= 4 is 17.6 Å². The molecule has 3 aromatic carbocycles. The number of nitrogens with zero attached hydrogens (tertiary/aromatic N) is 1. The molecular formula is C28H27NO8. The van der Waals surface area contributed by atoms with Crippen LogP contribution in [-0.4, -0.2) is 37.2 Å². The van der Waals surface area contributed by atoms with Crippen LogP contribution in [0.1, 0.15) is 30.1 Å². The fourth-order valence-electron chi connectivity index (χ4n) is 3.24. The lowest BCUT2D eigenvalue weighted by molar-refractivity contribution is -0.385. The number of carbonyl (C=O) groups excluding carboxylic acids is 2. The van der Waals surface area contributed by atoms with Gasteiger partial charge in [-0.15, -0.1) is 0 Å². The molecule has 0 bridgehead atoms. The Morgan fingerprint density at radius 1 is 0.892 bits per heavy atom. The summed E-state index contributed by atoms with van der Waals surface area (Å²) in [4.78, 5) is 35.0.